The minimum Gasteiger partial charge on any atom is -0.462 e. The van der Waals surface area contributed by atoms with Gasteiger partial charge in [0, 0.05) is 19.3 Å². The van der Waals surface area contributed by atoms with Gasteiger partial charge in [-0.1, -0.05) is 249 Å². The molecule has 420 valence electrons. The van der Waals surface area contributed by atoms with Gasteiger partial charge in [0.1, 0.15) is 13.2 Å². The Morgan fingerprint density at radius 3 is 0.867 bits per heavy atom. The van der Waals surface area contributed by atoms with Crippen LogP contribution < -0.4 is 0 Å². The SMILES string of the molecule is CC/C=C\C/C=C\C/C=C\C/C=C\C/C=C\C/C=C\CCC(=O)OC(COC(=O)CCCCCCC/C=C\C/C=C\CCC)COC(=O)CCCCCCCCCCC/C=C\C/C=C\C/C=C\C/C=C\C/C=C\CC. The molecule has 0 rings (SSSR count). The van der Waals surface area contributed by atoms with Crippen LogP contribution in [-0.2, 0) is 28.6 Å². The number of hydrogen-bond donors (Lipinski definition) is 0. The van der Waals surface area contributed by atoms with Gasteiger partial charge in [0.05, 0.1) is 0 Å². The maximum absolute atomic E-state index is 12.8. The lowest BCUT2D eigenvalue weighted by molar-refractivity contribution is -0.166. The molecule has 6 nitrogen and oxygen atoms in total. The molecule has 0 aliphatic carbocycles. The first-order chi connectivity index (χ1) is 37.0. The molecule has 0 aromatic rings. The van der Waals surface area contributed by atoms with Gasteiger partial charge in [-0.2, -0.15) is 0 Å². The predicted octanol–water partition coefficient (Wildman–Crippen LogP) is 20.5. The first-order valence-corrected chi connectivity index (χ1v) is 30.0. The van der Waals surface area contributed by atoms with Crippen molar-refractivity contribution >= 4 is 17.9 Å². The van der Waals surface area contributed by atoms with E-state index in [1.165, 1.54) is 44.9 Å². The van der Waals surface area contributed by atoms with Crippen LogP contribution in [0.5, 0.6) is 0 Å². The maximum atomic E-state index is 12.8. The fraction of sp³-hybridized carbons (Fsp3) is 0.580. The summed E-state index contributed by atoms with van der Waals surface area (Å²) >= 11 is 0. The fourth-order valence-corrected chi connectivity index (χ4v) is 7.59. The Morgan fingerprint density at radius 2 is 0.547 bits per heavy atom. The van der Waals surface area contributed by atoms with Crippen LogP contribution in [0.4, 0.5) is 0 Å². The monoisotopic (exact) mass is 1030 g/mol. The van der Waals surface area contributed by atoms with Crippen LogP contribution in [0.15, 0.2) is 158 Å². The van der Waals surface area contributed by atoms with Gasteiger partial charge in [-0.15, -0.1) is 0 Å². The van der Waals surface area contributed by atoms with E-state index in [1.54, 1.807) is 0 Å². The summed E-state index contributed by atoms with van der Waals surface area (Å²) in [6.07, 6.45) is 89.6. The summed E-state index contributed by atoms with van der Waals surface area (Å²) < 4.78 is 16.8. The molecule has 0 aliphatic heterocycles. The lowest BCUT2D eigenvalue weighted by Crippen LogP contribution is -2.30. The summed E-state index contributed by atoms with van der Waals surface area (Å²) in [7, 11) is 0. The third-order valence-electron chi connectivity index (χ3n) is 12.0. The van der Waals surface area contributed by atoms with Gasteiger partial charge in [0.2, 0.25) is 0 Å². The number of unbranched alkanes of at least 4 members (excludes halogenated alkanes) is 15. The molecule has 0 spiro atoms. The van der Waals surface area contributed by atoms with E-state index in [-0.39, 0.29) is 31.6 Å². The van der Waals surface area contributed by atoms with E-state index in [1.807, 2.05) is 12.2 Å². The fourth-order valence-electron chi connectivity index (χ4n) is 7.59. The number of carbonyl (C=O) groups is 3. The predicted molar refractivity (Wildman–Crippen MR) is 325 cm³/mol. The quantitative estimate of drug-likeness (QED) is 0.0261. The highest BCUT2D eigenvalue weighted by molar-refractivity contribution is 5.71. The van der Waals surface area contributed by atoms with Gasteiger partial charge in [0.15, 0.2) is 6.10 Å². The van der Waals surface area contributed by atoms with E-state index in [0.29, 0.717) is 19.3 Å². The van der Waals surface area contributed by atoms with E-state index in [4.69, 9.17) is 14.2 Å². The van der Waals surface area contributed by atoms with Crippen LogP contribution in [0.25, 0.3) is 0 Å². The summed E-state index contributed by atoms with van der Waals surface area (Å²) in [6, 6.07) is 0. The summed E-state index contributed by atoms with van der Waals surface area (Å²) in [6.45, 7) is 6.26. The topological polar surface area (TPSA) is 78.9 Å². The van der Waals surface area contributed by atoms with Crippen LogP contribution >= 0.6 is 0 Å². The molecule has 0 heterocycles. The van der Waals surface area contributed by atoms with Crippen molar-refractivity contribution in [2.45, 2.75) is 245 Å². The zero-order valence-corrected chi connectivity index (χ0v) is 48.0. The lowest BCUT2D eigenvalue weighted by Gasteiger charge is -2.18. The lowest BCUT2D eigenvalue weighted by atomic mass is 10.1. The Morgan fingerprint density at radius 1 is 0.280 bits per heavy atom. The highest BCUT2D eigenvalue weighted by Crippen LogP contribution is 2.14. The average molecular weight is 1030 g/mol. The van der Waals surface area contributed by atoms with E-state index < -0.39 is 12.1 Å². The first-order valence-electron chi connectivity index (χ1n) is 30.0. The highest BCUT2D eigenvalue weighted by Gasteiger charge is 2.19. The van der Waals surface area contributed by atoms with Crippen LogP contribution in [0.1, 0.15) is 239 Å². The Kier molecular flexibility index (Phi) is 57.5. The second-order valence-electron chi connectivity index (χ2n) is 19.1. The van der Waals surface area contributed by atoms with Gasteiger partial charge >= 0.3 is 17.9 Å². The van der Waals surface area contributed by atoms with Crippen LogP contribution in [-0.4, -0.2) is 37.2 Å². The van der Waals surface area contributed by atoms with Gasteiger partial charge in [-0.05, 0) is 128 Å². The molecule has 1 unspecified atom stereocenters. The minimum absolute atomic E-state index is 0.123. The van der Waals surface area contributed by atoms with Crippen molar-refractivity contribution in [1.29, 1.82) is 0 Å². The molecule has 0 bridgehead atoms. The minimum atomic E-state index is -0.835. The standard InChI is InChI=1S/C69H108O6/c1-4-7-10-13-16-19-22-25-27-29-31-32-33-34-35-36-38-39-41-44-47-50-53-56-59-62-68(71)74-65-66(64-73-67(70)61-58-55-52-49-46-43-24-21-18-15-12-9-6-3)75-69(72)63-60-57-54-51-48-45-42-40-37-30-28-26-23-20-17-14-11-8-5-2/h7-8,10-12,15-17,19-21,24-28,31-32,34-35,37,40,45,48,54,57,66H,4-6,9,13-14,18,22-23,29-30,33,36,38-39,41-44,46-47,49-53,55-56,58-65H2,1-3H3/b10-7-,11-8-,15-12-,19-16-,20-17-,24-21-,27-25-,28-26-,32-31-,35-34-,40-37-,48-45-,57-54-. The van der Waals surface area contributed by atoms with Gasteiger partial charge in [-0.3, -0.25) is 14.4 Å². The molecular weight excluding hydrogens is 925 g/mol. The van der Waals surface area contributed by atoms with Gasteiger partial charge < -0.3 is 14.2 Å². The van der Waals surface area contributed by atoms with E-state index in [0.717, 1.165) is 148 Å². The highest BCUT2D eigenvalue weighted by atomic mass is 16.6. The van der Waals surface area contributed by atoms with Crippen LogP contribution in [0, 0.1) is 0 Å². The van der Waals surface area contributed by atoms with Crippen molar-refractivity contribution in [1.82, 2.24) is 0 Å². The molecule has 1 atom stereocenters. The Bertz CT molecular complexity index is 1710. The molecule has 0 aliphatic rings. The van der Waals surface area contributed by atoms with Gasteiger partial charge in [0.25, 0.3) is 0 Å². The number of rotatable bonds is 52. The number of ether oxygens (including phenoxy) is 3. The largest absolute Gasteiger partial charge is 0.462 e. The van der Waals surface area contributed by atoms with E-state index >= 15 is 0 Å². The molecule has 0 saturated carbocycles. The normalized spacial score (nSPS) is 13.3. The molecule has 75 heavy (non-hydrogen) atoms. The molecular formula is C69H108O6. The summed E-state index contributed by atoms with van der Waals surface area (Å²) in [5, 5.41) is 0. The smallest absolute Gasteiger partial charge is 0.306 e. The summed E-state index contributed by atoms with van der Waals surface area (Å²) in [5.41, 5.74) is 0. The molecule has 6 heteroatoms. The third-order valence-corrected chi connectivity index (χ3v) is 12.0. The maximum Gasteiger partial charge on any atom is 0.306 e. The number of hydrogen-bond acceptors (Lipinski definition) is 6. The second kappa shape index (κ2) is 61.6. The molecule has 0 aromatic heterocycles. The number of allylic oxidation sites excluding steroid dienone is 26. The third kappa shape index (κ3) is 59.8. The Balaban J connectivity index is 4.48. The summed E-state index contributed by atoms with van der Waals surface area (Å²) in [4.78, 5) is 38.2. The Hall–Kier alpha value is -4.97. The van der Waals surface area contributed by atoms with E-state index in [2.05, 4.69) is 167 Å². The molecule has 0 amide bonds. The number of carbonyl (C=O) groups excluding carboxylic acids is 3. The van der Waals surface area contributed by atoms with E-state index in [9.17, 15) is 14.4 Å². The average Bonchev–Trinajstić information content (AvgIpc) is 3.41. The van der Waals surface area contributed by atoms with Crippen LogP contribution in [0.2, 0.25) is 0 Å². The Labute approximate surface area is 460 Å². The first kappa shape index (κ1) is 70.0. The zero-order chi connectivity index (χ0) is 54.3. The number of esters is 3. The second-order valence-corrected chi connectivity index (χ2v) is 19.1. The van der Waals surface area contributed by atoms with Crippen molar-refractivity contribution in [3.8, 4) is 0 Å². The zero-order valence-electron chi connectivity index (χ0n) is 48.0. The molecule has 0 N–H and O–H groups in total. The van der Waals surface area contributed by atoms with Crippen molar-refractivity contribution in [3.05, 3.63) is 158 Å². The van der Waals surface area contributed by atoms with Crippen molar-refractivity contribution < 1.29 is 28.6 Å². The van der Waals surface area contributed by atoms with Crippen molar-refractivity contribution in [3.63, 3.8) is 0 Å². The van der Waals surface area contributed by atoms with Gasteiger partial charge in [-0.25, -0.2) is 0 Å². The molecule has 0 saturated heterocycles. The summed E-state index contributed by atoms with van der Waals surface area (Å²) in [5.74, 6) is -1.03. The van der Waals surface area contributed by atoms with Crippen molar-refractivity contribution in [2.75, 3.05) is 13.2 Å². The molecule has 0 radical (unpaired) electrons. The van der Waals surface area contributed by atoms with Crippen LogP contribution in [0.3, 0.4) is 0 Å². The molecule has 0 aromatic carbocycles. The molecule has 0 fully saturated rings. The van der Waals surface area contributed by atoms with Crippen molar-refractivity contribution in [2.24, 2.45) is 0 Å².